The standard InChI is InChI=1S/C49H96N2O6/c1-8-12-16-19-23-28-36-45(37-29-24-20-17-13-9-2)56-47(53)38-30-25-21-26-31-41-51(42-40-50-48(54)57-49(5,6)7)44(34-27-22-18-14-10-3)35-33-39-46(52)55-43-32-15-11-4/h44-45H,8-43H2,1-7H3,(H,50,54). The quantitative estimate of drug-likeness (QED) is 0.0373. The van der Waals surface area contributed by atoms with Gasteiger partial charge < -0.3 is 19.5 Å². The van der Waals surface area contributed by atoms with Crippen LogP contribution in [0.2, 0.25) is 0 Å². The van der Waals surface area contributed by atoms with Crippen molar-refractivity contribution in [3.63, 3.8) is 0 Å². The number of ether oxygens (including phenoxy) is 3. The van der Waals surface area contributed by atoms with Crippen LogP contribution < -0.4 is 5.32 Å². The van der Waals surface area contributed by atoms with E-state index in [1.807, 2.05) is 20.8 Å². The van der Waals surface area contributed by atoms with Crippen molar-refractivity contribution in [2.75, 3.05) is 26.2 Å². The fourth-order valence-electron chi connectivity index (χ4n) is 7.60. The average molecular weight is 809 g/mol. The summed E-state index contributed by atoms with van der Waals surface area (Å²) in [5, 5.41) is 2.98. The van der Waals surface area contributed by atoms with E-state index in [0.29, 0.717) is 32.0 Å². The van der Waals surface area contributed by atoms with E-state index in [1.165, 1.54) is 96.3 Å². The molecule has 338 valence electrons. The lowest BCUT2D eigenvalue weighted by molar-refractivity contribution is -0.150. The Bertz CT molecular complexity index is 906. The third-order valence-electron chi connectivity index (χ3n) is 11.0. The zero-order valence-electron chi connectivity index (χ0n) is 39.0. The van der Waals surface area contributed by atoms with Crippen molar-refractivity contribution in [1.29, 1.82) is 0 Å². The van der Waals surface area contributed by atoms with E-state index in [1.54, 1.807) is 0 Å². The highest BCUT2D eigenvalue weighted by atomic mass is 16.6. The second kappa shape index (κ2) is 39.6. The van der Waals surface area contributed by atoms with Gasteiger partial charge >= 0.3 is 18.0 Å². The monoisotopic (exact) mass is 809 g/mol. The molecule has 0 aliphatic rings. The summed E-state index contributed by atoms with van der Waals surface area (Å²) < 4.78 is 17.1. The first-order valence-electron chi connectivity index (χ1n) is 24.6. The van der Waals surface area contributed by atoms with Crippen molar-refractivity contribution in [3.05, 3.63) is 0 Å². The Morgan fingerprint density at radius 1 is 0.509 bits per heavy atom. The maximum Gasteiger partial charge on any atom is 0.407 e. The molecular weight excluding hydrogens is 713 g/mol. The minimum absolute atomic E-state index is 0.00718. The van der Waals surface area contributed by atoms with Crippen LogP contribution in [0.3, 0.4) is 0 Å². The van der Waals surface area contributed by atoms with Gasteiger partial charge in [0.1, 0.15) is 11.7 Å². The highest BCUT2D eigenvalue weighted by molar-refractivity contribution is 5.69. The zero-order chi connectivity index (χ0) is 42.2. The molecule has 1 N–H and O–H groups in total. The Kier molecular flexibility index (Phi) is 38.3. The molecule has 0 aromatic carbocycles. The van der Waals surface area contributed by atoms with Gasteiger partial charge in [-0.1, -0.05) is 156 Å². The van der Waals surface area contributed by atoms with Gasteiger partial charge in [0.05, 0.1) is 6.61 Å². The van der Waals surface area contributed by atoms with Crippen LogP contribution in [0.25, 0.3) is 0 Å². The Morgan fingerprint density at radius 2 is 0.965 bits per heavy atom. The number of hydrogen-bond acceptors (Lipinski definition) is 7. The molecule has 0 radical (unpaired) electrons. The molecule has 0 bridgehead atoms. The number of nitrogens with zero attached hydrogens (tertiary/aromatic N) is 1. The molecule has 8 nitrogen and oxygen atoms in total. The molecule has 0 aromatic rings. The number of hydrogen-bond donors (Lipinski definition) is 1. The van der Waals surface area contributed by atoms with Gasteiger partial charge in [-0.2, -0.15) is 0 Å². The van der Waals surface area contributed by atoms with Gasteiger partial charge in [-0.05, 0) is 91.5 Å². The zero-order valence-corrected chi connectivity index (χ0v) is 39.0. The van der Waals surface area contributed by atoms with Crippen LogP contribution >= 0.6 is 0 Å². The normalized spacial score (nSPS) is 12.3. The summed E-state index contributed by atoms with van der Waals surface area (Å²) in [6.45, 7) is 17.3. The minimum Gasteiger partial charge on any atom is -0.466 e. The van der Waals surface area contributed by atoms with E-state index in [9.17, 15) is 14.4 Å². The van der Waals surface area contributed by atoms with Crippen LogP contribution in [0.5, 0.6) is 0 Å². The fraction of sp³-hybridized carbons (Fsp3) is 0.939. The van der Waals surface area contributed by atoms with Crippen molar-refractivity contribution < 1.29 is 28.6 Å². The smallest absolute Gasteiger partial charge is 0.407 e. The van der Waals surface area contributed by atoms with Gasteiger partial charge in [-0.3, -0.25) is 14.5 Å². The maximum absolute atomic E-state index is 12.9. The van der Waals surface area contributed by atoms with Crippen LogP contribution in [-0.4, -0.2) is 66.9 Å². The molecule has 0 rings (SSSR count). The average Bonchev–Trinajstić information content (AvgIpc) is 3.16. The summed E-state index contributed by atoms with van der Waals surface area (Å²) in [5.41, 5.74) is -0.532. The van der Waals surface area contributed by atoms with Crippen molar-refractivity contribution >= 4 is 18.0 Å². The number of carbonyl (C=O) groups excluding carboxylic acids is 3. The summed E-state index contributed by atoms with van der Waals surface area (Å²) >= 11 is 0. The predicted molar refractivity (Wildman–Crippen MR) is 241 cm³/mol. The van der Waals surface area contributed by atoms with E-state index in [0.717, 1.165) is 109 Å². The first-order chi connectivity index (χ1) is 27.6. The molecule has 1 amide bonds. The van der Waals surface area contributed by atoms with Gasteiger partial charge in [0.2, 0.25) is 0 Å². The minimum atomic E-state index is -0.532. The van der Waals surface area contributed by atoms with Gasteiger partial charge in [-0.25, -0.2) is 4.79 Å². The third-order valence-corrected chi connectivity index (χ3v) is 11.0. The molecule has 0 aromatic heterocycles. The molecule has 0 aliphatic heterocycles. The summed E-state index contributed by atoms with van der Waals surface area (Å²) in [6, 6.07) is 0.357. The maximum atomic E-state index is 12.9. The summed E-state index contributed by atoms with van der Waals surface area (Å²) in [7, 11) is 0. The summed E-state index contributed by atoms with van der Waals surface area (Å²) in [5.74, 6) is -0.0896. The second-order valence-electron chi connectivity index (χ2n) is 17.9. The molecular formula is C49H96N2O6. The molecule has 0 fully saturated rings. The molecule has 0 saturated carbocycles. The van der Waals surface area contributed by atoms with E-state index in [-0.39, 0.29) is 24.1 Å². The van der Waals surface area contributed by atoms with Gasteiger partial charge in [0.25, 0.3) is 0 Å². The lowest BCUT2D eigenvalue weighted by atomic mass is 9.99. The largest absolute Gasteiger partial charge is 0.466 e. The van der Waals surface area contributed by atoms with Crippen molar-refractivity contribution in [2.24, 2.45) is 0 Å². The molecule has 0 saturated heterocycles. The predicted octanol–water partition coefficient (Wildman–Crippen LogP) is 14.2. The third kappa shape index (κ3) is 38.1. The lowest BCUT2D eigenvalue weighted by Gasteiger charge is -2.32. The molecule has 0 spiro atoms. The van der Waals surface area contributed by atoms with Crippen LogP contribution in [0.4, 0.5) is 4.79 Å². The number of nitrogens with one attached hydrogen (secondary N) is 1. The first-order valence-corrected chi connectivity index (χ1v) is 24.6. The van der Waals surface area contributed by atoms with Gasteiger partial charge in [-0.15, -0.1) is 0 Å². The SMILES string of the molecule is CCCCCCCCC(CCCCCCCC)OC(=O)CCCCCCCN(CCNC(=O)OC(C)(C)C)C(CCCCCCC)CCCC(=O)OCCCCC. The van der Waals surface area contributed by atoms with Crippen LogP contribution in [-0.2, 0) is 23.8 Å². The highest BCUT2D eigenvalue weighted by Crippen LogP contribution is 2.21. The number of rotatable bonds is 41. The Labute approximate surface area is 353 Å². The second-order valence-corrected chi connectivity index (χ2v) is 17.9. The number of unbranched alkanes of at least 4 members (excludes halogenated alkanes) is 20. The van der Waals surface area contributed by atoms with Crippen molar-refractivity contribution in [3.8, 4) is 0 Å². The van der Waals surface area contributed by atoms with E-state index in [4.69, 9.17) is 14.2 Å². The van der Waals surface area contributed by atoms with Crippen molar-refractivity contribution in [1.82, 2.24) is 10.2 Å². The lowest BCUT2D eigenvalue weighted by Crippen LogP contribution is -2.42. The van der Waals surface area contributed by atoms with Crippen molar-refractivity contribution in [2.45, 2.75) is 272 Å². The number of esters is 2. The highest BCUT2D eigenvalue weighted by Gasteiger charge is 2.21. The summed E-state index contributed by atoms with van der Waals surface area (Å²) in [6.07, 6.45) is 35.3. The topological polar surface area (TPSA) is 94.2 Å². The molecule has 0 heterocycles. The van der Waals surface area contributed by atoms with E-state index >= 15 is 0 Å². The number of alkyl carbamates (subject to hydrolysis) is 1. The Morgan fingerprint density at radius 3 is 1.53 bits per heavy atom. The number of carbonyl (C=O) groups is 3. The molecule has 8 heteroatoms. The molecule has 1 atom stereocenters. The van der Waals surface area contributed by atoms with Gasteiger partial charge in [0, 0.05) is 32.0 Å². The Balaban J connectivity index is 5.09. The molecule has 1 unspecified atom stereocenters. The number of amides is 1. The van der Waals surface area contributed by atoms with Crippen LogP contribution in [0.15, 0.2) is 0 Å². The van der Waals surface area contributed by atoms with Crippen LogP contribution in [0, 0.1) is 0 Å². The molecule has 57 heavy (non-hydrogen) atoms. The summed E-state index contributed by atoms with van der Waals surface area (Å²) in [4.78, 5) is 40.4. The van der Waals surface area contributed by atoms with E-state index < -0.39 is 5.60 Å². The van der Waals surface area contributed by atoms with E-state index in [2.05, 4.69) is 37.9 Å². The first kappa shape index (κ1) is 55.2. The van der Waals surface area contributed by atoms with Gasteiger partial charge in [0.15, 0.2) is 0 Å². The molecule has 0 aliphatic carbocycles. The van der Waals surface area contributed by atoms with Crippen LogP contribution in [0.1, 0.15) is 254 Å². The fourth-order valence-corrected chi connectivity index (χ4v) is 7.60. The Hall–Kier alpha value is -1.83.